The van der Waals surface area contributed by atoms with Gasteiger partial charge in [-0.15, -0.1) is 0 Å². The Hall–Kier alpha value is -0.290. The fourth-order valence-corrected chi connectivity index (χ4v) is 2.93. The summed E-state index contributed by atoms with van der Waals surface area (Å²) in [7, 11) is -4.39. The summed E-state index contributed by atoms with van der Waals surface area (Å²) >= 11 is 0. The first-order valence-electron chi connectivity index (χ1n) is 11.0. The van der Waals surface area contributed by atoms with Crippen LogP contribution in [0.15, 0.2) is 0 Å². The summed E-state index contributed by atoms with van der Waals surface area (Å²) in [6.45, 7) is 5.71. The summed E-state index contributed by atoms with van der Waals surface area (Å²) in [4.78, 5) is 0. The predicted molar refractivity (Wildman–Crippen MR) is 113 cm³/mol. The summed E-state index contributed by atoms with van der Waals surface area (Å²) in [5.41, 5.74) is 0. The topological polar surface area (TPSA) is 101 Å². The van der Waals surface area contributed by atoms with Crippen LogP contribution in [-0.2, 0) is 33.5 Å². The number of rotatable bonds is 24. The van der Waals surface area contributed by atoms with Gasteiger partial charge in [-0.2, -0.15) is 8.42 Å². The molecule has 9 heteroatoms. The van der Waals surface area contributed by atoms with Crippen LogP contribution in [-0.4, -0.2) is 72.4 Å². The molecule has 0 heterocycles. The monoisotopic (exact) mass is 442 g/mol. The van der Waals surface area contributed by atoms with Gasteiger partial charge in [0.05, 0.1) is 52.9 Å². The Morgan fingerprint density at radius 2 is 0.862 bits per heavy atom. The van der Waals surface area contributed by atoms with Crippen molar-refractivity contribution in [3.8, 4) is 0 Å². The van der Waals surface area contributed by atoms with E-state index in [1.54, 1.807) is 0 Å². The van der Waals surface area contributed by atoms with Gasteiger partial charge in [0, 0.05) is 6.61 Å². The lowest BCUT2D eigenvalue weighted by Crippen LogP contribution is -2.14. The number of hydrogen-bond acceptors (Lipinski definition) is 7. The molecule has 0 fully saturated rings. The minimum absolute atomic E-state index is 0.0655. The SMILES string of the molecule is CCCCCCCCCCCCOCCOCCOCCOCCOS(=O)(=O)O. The highest BCUT2D eigenvalue weighted by molar-refractivity contribution is 7.80. The summed E-state index contributed by atoms with van der Waals surface area (Å²) in [6, 6.07) is 0. The van der Waals surface area contributed by atoms with Gasteiger partial charge >= 0.3 is 10.4 Å². The zero-order valence-electron chi connectivity index (χ0n) is 18.1. The van der Waals surface area contributed by atoms with Crippen molar-refractivity contribution in [2.24, 2.45) is 0 Å². The van der Waals surface area contributed by atoms with E-state index in [4.69, 9.17) is 23.5 Å². The highest BCUT2D eigenvalue weighted by Crippen LogP contribution is 2.10. The summed E-state index contributed by atoms with van der Waals surface area (Å²) in [5, 5.41) is 0. The maximum atomic E-state index is 10.3. The second-order valence-corrected chi connectivity index (χ2v) is 7.97. The Labute approximate surface area is 177 Å². The highest BCUT2D eigenvalue weighted by Gasteiger charge is 2.02. The van der Waals surface area contributed by atoms with E-state index in [9.17, 15) is 8.42 Å². The van der Waals surface area contributed by atoms with Gasteiger partial charge in [-0.25, -0.2) is 4.18 Å². The number of ether oxygens (including phenoxy) is 4. The molecule has 0 aromatic rings. The molecule has 0 bridgehead atoms. The van der Waals surface area contributed by atoms with E-state index in [1.165, 1.54) is 57.8 Å². The molecule has 8 nitrogen and oxygen atoms in total. The van der Waals surface area contributed by atoms with Crippen LogP contribution in [0, 0.1) is 0 Å². The average Bonchev–Trinajstić information content (AvgIpc) is 2.67. The average molecular weight is 443 g/mol. The van der Waals surface area contributed by atoms with E-state index in [2.05, 4.69) is 11.1 Å². The molecule has 0 aliphatic carbocycles. The third-order valence-electron chi connectivity index (χ3n) is 4.22. The molecule has 0 aliphatic heterocycles. The molecular weight excluding hydrogens is 400 g/mol. The standard InChI is InChI=1S/C20H42O8S/c1-2-3-4-5-6-7-8-9-10-11-12-24-13-14-25-15-16-26-17-18-27-19-20-28-29(21,22)23/h2-20H2,1H3,(H,21,22,23). The lowest BCUT2D eigenvalue weighted by Gasteiger charge is -2.07. The Bertz CT molecular complexity index is 417. The minimum atomic E-state index is -4.39. The van der Waals surface area contributed by atoms with Crippen LogP contribution >= 0.6 is 0 Å². The van der Waals surface area contributed by atoms with Crippen molar-refractivity contribution < 1.29 is 36.1 Å². The maximum Gasteiger partial charge on any atom is 0.397 e. The fraction of sp³-hybridized carbons (Fsp3) is 1.00. The smallest absolute Gasteiger partial charge is 0.379 e. The van der Waals surface area contributed by atoms with Crippen LogP contribution < -0.4 is 0 Å². The predicted octanol–water partition coefficient (Wildman–Crippen LogP) is 3.79. The van der Waals surface area contributed by atoms with Crippen LogP contribution in [0.25, 0.3) is 0 Å². The Morgan fingerprint density at radius 1 is 0.517 bits per heavy atom. The molecule has 0 aliphatic rings. The molecule has 0 atom stereocenters. The van der Waals surface area contributed by atoms with Gasteiger partial charge in [-0.05, 0) is 6.42 Å². The summed E-state index contributed by atoms with van der Waals surface area (Å²) in [6.07, 6.45) is 13.3. The van der Waals surface area contributed by atoms with Crippen LogP contribution in [0.4, 0.5) is 0 Å². The molecule has 1 N–H and O–H groups in total. The van der Waals surface area contributed by atoms with E-state index in [0.29, 0.717) is 39.6 Å². The van der Waals surface area contributed by atoms with Crippen molar-refractivity contribution in [2.75, 3.05) is 59.5 Å². The van der Waals surface area contributed by atoms with Gasteiger partial charge in [-0.1, -0.05) is 64.7 Å². The molecule has 0 aromatic heterocycles. The van der Waals surface area contributed by atoms with Crippen LogP contribution in [0.5, 0.6) is 0 Å². The molecule has 176 valence electrons. The number of hydrogen-bond donors (Lipinski definition) is 1. The van der Waals surface area contributed by atoms with E-state index in [-0.39, 0.29) is 13.2 Å². The van der Waals surface area contributed by atoms with Crippen LogP contribution in [0.1, 0.15) is 71.1 Å². The van der Waals surface area contributed by atoms with Gasteiger partial charge in [0.15, 0.2) is 0 Å². The molecule has 0 amide bonds. The zero-order chi connectivity index (χ0) is 21.5. The molecule has 0 radical (unpaired) electrons. The number of unbranched alkanes of at least 4 members (excludes halogenated alkanes) is 9. The van der Waals surface area contributed by atoms with Gasteiger partial charge in [-0.3, -0.25) is 4.55 Å². The zero-order valence-corrected chi connectivity index (χ0v) is 19.0. The van der Waals surface area contributed by atoms with Crippen molar-refractivity contribution in [2.45, 2.75) is 71.1 Å². The molecule has 0 aromatic carbocycles. The molecule has 29 heavy (non-hydrogen) atoms. The summed E-state index contributed by atoms with van der Waals surface area (Å²) < 4.78 is 54.3. The van der Waals surface area contributed by atoms with Crippen molar-refractivity contribution in [3.05, 3.63) is 0 Å². The first-order chi connectivity index (χ1) is 14.1. The van der Waals surface area contributed by atoms with Crippen molar-refractivity contribution in [1.82, 2.24) is 0 Å². The van der Waals surface area contributed by atoms with E-state index >= 15 is 0 Å². The van der Waals surface area contributed by atoms with E-state index in [1.807, 2.05) is 0 Å². The van der Waals surface area contributed by atoms with Crippen LogP contribution in [0.2, 0.25) is 0 Å². The summed E-state index contributed by atoms with van der Waals surface area (Å²) in [5.74, 6) is 0. The molecule has 0 unspecified atom stereocenters. The van der Waals surface area contributed by atoms with E-state index in [0.717, 1.165) is 13.0 Å². The van der Waals surface area contributed by atoms with Gasteiger partial charge in [0.25, 0.3) is 0 Å². The lowest BCUT2D eigenvalue weighted by molar-refractivity contribution is -0.00498. The molecule has 0 spiro atoms. The second kappa shape index (κ2) is 22.4. The molecule has 0 saturated heterocycles. The van der Waals surface area contributed by atoms with Crippen molar-refractivity contribution in [1.29, 1.82) is 0 Å². The largest absolute Gasteiger partial charge is 0.397 e. The van der Waals surface area contributed by atoms with Gasteiger partial charge in [0.2, 0.25) is 0 Å². The van der Waals surface area contributed by atoms with Gasteiger partial charge in [0.1, 0.15) is 0 Å². The van der Waals surface area contributed by atoms with Gasteiger partial charge < -0.3 is 18.9 Å². The highest BCUT2D eigenvalue weighted by atomic mass is 32.3. The Kier molecular flexibility index (Phi) is 22.2. The van der Waals surface area contributed by atoms with Crippen molar-refractivity contribution >= 4 is 10.4 Å². The quantitative estimate of drug-likeness (QED) is 0.178. The first kappa shape index (κ1) is 28.7. The Balaban J connectivity index is 3.03. The van der Waals surface area contributed by atoms with Crippen LogP contribution in [0.3, 0.4) is 0 Å². The first-order valence-corrected chi connectivity index (χ1v) is 12.4. The third-order valence-corrected chi connectivity index (χ3v) is 4.68. The van der Waals surface area contributed by atoms with Crippen molar-refractivity contribution in [3.63, 3.8) is 0 Å². The fourth-order valence-electron chi connectivity index (χ4n) is 2.65. The lowest BCUT2D eigenvalue weighted by atomic mass is 10.1. The van der Waals surface area contributed by atoms with E-state index < -0.39 is 10.4 Å². The maximum absolute atomic E-state index is 10.3. The molecular formula is C20H42O8S. The molecule has 0 rings (SSSR count). The third kappa shape index (κ3) is 27.7. The normalized spacial score (nSPS) is 11.9. The Morgan fingerprint density at radius 3 is 1.28 bits per heavy atom. The molecule has 0 saturated carbocycles. The minimum Gasteiger partial charge on any atom is -0.379 e. The second-order valence-electron chi connectivity index (χ2n) is 6.88.